The van der Waals surface area contributed by atoms with Gasteiger partial charge in [-0.05, 0) is 25.0 Å². The van der Waals surface area contributed by atoms with Gasteiger partial charge in [0.25, 0.3) is 0 Å². The molecule has 1 aliphatic heterocycles. The van der Waals surface area contributed by atoms with E-state index in [0.29, 0.717) is 6.54 Å². The van der Waals surface area contributed by atoms with Crippen molar-refractivity contribution < 1.29 is 9.53 Å². The van der Waals surface area contributed by atoms with Crippen LogP contribution in [-0.4, -0.2) is 45.2 Å². The van der Waals surface area contributed by atoms with Gasteiger partial charge in [0.2, 0.25) is 5.91 Å². The summed E-state index contributed by atoms with van der Waals surface area (Å²) in [6.07, 6.45) is 4.74. The van der Waals surface area contributed by atoms with Crippen LogP contribution in [0.2, 0.25) is 0 Å². The number of carbonyl (C=O) groups excluding carboxylic acids is 1. The Morgan fingerprint density at radius 3 is 3.17 bits per heavy atom. The van der Waals surface area contributed by atoms with Gasteiger partial charge < -0.3 is 10.1 Å². The summed E-state index contributed by atoms with van der Waals surface area (Å²) in [7, 11) is 0. The van der Waals surface area contributed by atoms with Crippen molar-refractivity contribution >= 4 is 5.91 Å². The van der Waals surface area contributed by atoms with Crippen molar-refractivity contribution in [2.45, 2.75) is 39.5 Å². The Kier molecular flexibility index (Phi) is 5.10. The fourth-order valence-electron chi connectivity index (χ4n) is 2.83. The van der Waals surface area contributed by atoms with E-state index < -0.39 is 0 Å². The van der Waals surface area contributed by atoms with Crippen molar-refractivity contribution in [2.24, 2.45) is 0 Å². The quantitative estimate of drug-likeness (QED) is 0.837. The number of rotatable bonds is 6. The van der Waals surface area contributed by atoms with Crippen LogP contribution in [0.4, 0.5) is 0 Å². The molecule has 1 aliphatic rings. The summed E-state index contributed by atoms with van der Waals surface area (Å²) in [6.45, 7) is 6.75. The molecule has 1 amide bonds. The number of hydrogen-bond acceptors (Lipinski definition) is 5. The van der Waals surface area contributed by atoms with Gasteiger partial charge in [-0.1, -0.05) is 0 Å². The van der Waals surface area contributed by atoms with E-state index in [1.165, 1.54) is 12.5 Å². The lowest BCUT2D eigenvalue weighted by atomic mass is 10.2. The lowest BCUT2D eigenvalue weighted by Gasteiger charge is -2.17. The number of nitrogens with zero attached hydrogens (tertiary/aromatic N) is 3. The van der Waals surface area contributed by atoms with E-state index in [1.54, 1.807) is 6.20 Å². The average Bonchev–Trinajstić information content (AvgIpc) is 3.16. The van der Waals surface area contributed by atoms with Crippen LogP contribution in [0.5, 0.6) is 5.75 Å². The topological polar surface area (TPSA) is 83.1 Å². The van der Waals surface area contributed by atoms with Gasteiger partial charge in [-0.3, -0.25) is 19.8 Å². The highest BCUT2D eigenvalue weighted by Crippen LogP contribution is 2.20. The van der Waals surface area contributed by atoms with Crippen LogP contribution in [0.1, 0.15) is 30.3 Å². The van der Waals surface area contributed by atoms with Gasteiger partial charge in [0.05, 0.1) is 24.1 Å². The first kappa shape index (κ1) is 16.4. The van der Waals surface area contributed by atoms with Crippen LogP contribution in [0, 0.1) is 6.92 Å². The van der Waals surface area contributed by atoms with Crippen molar-refractivity contribution in [2.75, 3.05) is 13.1 Å². The van der Waals surface area contributed by atoms with Gasteiger partial charge in [0.15, 0.2) is 0 Å². The number of H-pyrrole nitrogens is 1. The summed E-state index contributed by atoms with van der Waals surface area (Å²) in [5.74, 6) is 0.735. The SMILES string of the molecule is CC(=O)NCc1cc(OC2CCN(Cc3[nH]ncc3C)C2)ccn1. The molecule has 24 heavy (non-hydrogen) atoms. The van der Waals surface area contributed by atoms with Crippen molar-refractivity contribution in [3.8, 4) is 5.75 Å². The second-order valence-electron chi connectivity index (χ2n) is 6.19. The first-order valence-corrected chi connectivity index (χ1v) is 8.17. The van der Waals surface area contributed by atoms with Crippen LogP contribution < -0.4 is 10.1 Å². The molecule has 0 spiro atoms. The molecule has 128 valence electrons. The fourth-order valence-corrected chi connectivity index (χ4v) is 2.83. The number of aryl methyl sites for hydroxylation is 1. The van der Waals surface area contributed by atoms with Gasteiger partial charge in [-0.15, -0.1) is 0 Å². The van der Waals surface area contributed by atoms with Crippen molar-refractivity contribution in [1.82, 2.24) is 25.4 Å². The number of pyridine rings is 1. The lowest BCUT2D eigenvalue weighted by Crippen LogP contribution is -2.25. The molecule has 1 fully saturated rings. The zero-order valence-electron chi connectivity index (χ0n) is 14.1. The molecule has 0 bridgehead atoms. The second-order valence-corrected chi connectivity index (χ2v) is 6.19. The number of carbonyl (C=O) groups is 1. The zero-order chi connectivity index (χ0) is 16.9. The molecule has 0 saturated carbocycles. The molecule has 3 heterocycles. The molecule has 7 heteroatoms. The van der Waals surface area contributed by atoms with E-state index in [9.17, 15) is 4.79 Å². The molecule has 1 atom stereocenters. The Hall–Kier alpha value is -2.41. The molecule has 3 rings (SSSR count). The van der Waals surface area contributed by atoms with E-state index in [4.69, 9.17) is 4.74 Å². The number of likely N-dealkylation sites (tertiary alicyclic amines) is 1. The fraction of sp³-hybridized carbons (Fsp3) is 0.471. The molecular formula is C17H23N5O2. The predicted octanol–water partition coefficient (Wildman–Crippen LogP) is 1.40. The molecule has 2 aromatic heterocycles. The van der Waals surface area contributed by atoms with Gasteiger partial charge in [-0.25, -0.2) is 0 Å². The van der Waals surface area contributed by atoms with Crippen LogP contribution in [0.25, 0.3) is 0 Å². The van der Waals surface area contributed by atoms with Crippen LogP contribution in [-0.2, 0) is 17.9 Å². The average molecular weight is 329 g/mol. The Morgan fingerprint density at radius 2 is 2.42 bits per heavy atom. The summed E-state index contributed by atoms with van der Waals surface area (Å²) >= 11 is 0. The van der Waals surface area contributed by atoms with E-state index in [0.717, 1.165) is 43.2 Å². The second kappa shape index (κ2) is 7.44. The summed E-state index contributed by atoms with van der Waals surface area (Å²) in [4.78, 5) is 17.6. The van der Waals surface area contributed by atoms with Crippen LogP contribution in [0.15, 0.2) is 24.5 Å². The molecular weight excluding hydrogens is 306 g/mol. The Balaban J connectivity index is 1.52. The van der Waals surface area contributed by atoms with E-state index in [1.807, 2.05) is 18.3 Å². The first-order chi connectivity index (χ1) is 11.6. The normalized spacial score (nSPS) is 17.8. The maximum Gasteiger partial charge on any atom is 0.217 e. The molecule has 0 radical (unpaired) electrons. The molecule has 1 unspecified atom stereocenters. The van der Waals surface area contributed by atoms with E-state index in [2.05, 4.69) is 32.3 Å². The van der Waals surface area contributed by atoms with Crippen molar-refractivity contribution in [3.63, 3.8) is 0 Å². The number of hydrogen-bond donors (Lipinski definition) is 2. The predicted molar refractivity (Wildman–Crippen MR) is 89.4 cm³/mol. The van der Waals surface area contributed by atoms with Crippen molar-refractivity contribution in [3.05, 3.63) is 41.5 Å². The van der Waals surface area contributed by atoms with E-state index in [-0.39, 0.29) is 12.0 Å². The van der Waals surface area contributed by atoms with E-state index >= 15 is 0 Å². The zero-order valence-corrected chi connectivity index (χ0v) is 14.1. The Bertz CT molecular complexity index is 700. The van der Waals surface area contributed by atoms with Crippen LogP contribution in [0.3, 0.4) is 0 Å². The third-order valence-electron chi connectivity index (χ3n) is 4.15. The number of ether oxygens (including phenoxy) is 1. The lowest BCUT2D eigenvalue weighted by molar-refractivity contribution is -0.119. The minimum absolute atomic E-state index is 0.0661. The summed E-state index contributed by atoms with van der Waals surface area (Å²) in [5, 5.41) is 9.87. The maximum absolute atomic E-state index is 11.0. The van der Waals surface area contributed by atoms with Crippen molar-refractivity contribution in [1.29, 1.82) is 0 Å². The third-order valence-corrected chi connectivity index (χ3v) is 4.15. The highest BCUT2D eigenvalue weighted by Gasteiger charge is 2.24. The first-order valence-electron chi connectivity index (χ1n) is 8.17. The maximum atomic E-state index is 11.0. The van der Waals surface area contributed by atoms with Gasteiger partial charge in [0.1, 0.15) is 11.9 Å². The molecule has 1 saturated heterocycles. The van der Waals surface area contributed by atoms with Crippen LogP contribution >= 0.6 is 0 Å². The highest BCUT2D eigenvalue weighted by atomic mass is 16.5. The number of nitrogens with one attached hydrogen (secondary N) is 2. The summed E-state index contributed by atoms with van der Waals surface area (Å²) in [5.41, 5.74) is 3.15. The molecule has 0 aliphatic carbocycles. The molecule has 7 nitrogen and oxygen atoms in total. The highest BCUT2D eigenvalue weighted by molar-refractivity contribution is 5.72. The molecule has 0 aromatic carbocycles. The molecule has 2 aromatic rings. The minimum atomic E-state index is -0.0661. The number of amides is 1. The van der Waals surface area contributed by atoms with Gasteiger partial charge >= 0.3 is 0 Å². The smallest absolute Gasteiger partial charge is 0.217 e. The monoisotopic (exact) mass is 329 g/mol. The van der Waals surface area contributed by atoms with Gasteiger partial charge in [-0.2, -0.15) is 5.10 Å². The standard InChI is InChI=1S/C17H23N5O2/c1-12-8-20-21-17(12)11-22-6-4-16(10-22)24-15-3-5-18-14(7-15)9-19-13(2)23/h3,5,7-8,16H,4,6,9-11H2,1-2H3,(H,19,23)(H,20,21). The third kappa shape index (κ3) is 4.32. The molecule has 2 N–H and O–H groups in total. The summed E-state index contributed by atoms with van der Waals surface area (Å²) in [6, 6.07) is 3.75. The summed E-state index contributed by atoms with van der Waals surface area (Å²) < 4.78 is 6.08. The minimum Gasteiger partial charge on any atom is -0.489 e. The Morgan fingerprint density at radius 1 is 1.54 bits per heavy atom. The largest absolute Gasteiger partial charge is 0.489 e. The number of aromatic amines is 1. The Labute approximate surface area is 141 Å². The van der Waals surface area contributed by atoms with Gasteiger partial charge in [0, 0.05) is 38.8 Å². The number of aromatic nitrogens is 3.